The number of rotatable bonds is 24. The molecular formula is C51H66ClFN7O8PS. The number of piperidine rings is 1. The molecular weight excluding hydrogens is 956 g/mol. The topological polar surface area (TPSA) is 195 Å². The van der Waals surface area contributed by atoms with Gasteiger partial charge in [-0.05, 0) is 133 Å². The summed E-state index contributed by atoms with van der Waals surface area (Å²) in [5, 5.41) is 6.51. The Balaban J connectivity index is 1.17. The van der Waals surface area contributed by atoms with Gasteiger partial charge < -0.3 is 40.1 Å². The number of dihydropyridines is 1. The largest absolute Gasteiger partial charge is 0.464 e. The number of nitrogens with zero attached hydrogens (tertiary/aromatic N) is 4. The predicted molar refractivity (Wildman–Crippen MR) is 272 cm³/mol. The van der Waals surface area contributed by atoms with Crippen molar-refractivity contribution in [3.05, 3.63) is 140 Å². The maximum Gasteiger partial charge on any atom is 0.405 e. The number of likely N-dealkylation sites (tertiary alicyclic amines) is 1. The van der Waals surface area contributed by atoms with Crippen LogP contribution in [0.25, 0.3) is 5.70 Å². The number of thiazole rings is 1. The van der Waals surface area contributed by atoms with Crippen molar-refractivity contribution in [2.24, 2.45) is 11.5 Å². The van der Waals surface area contributed by atoms with Crippen molar-refractivity contribution in [3.8, 4) is 5.75 Å². The molecule has 4 heterocycles. The molecule has 4 aromatic rings. The number of allylic oxidation sites excluding steroid dienone is 2. The van der Waals surface area contributed by atoms with Gasteiger partial charge in [-0.3, -0.25) is 9.42 Å². The van der Waals surface area contributed by atoms with Gasteiger partial charge in [0.2, 0.25) is 0 Å². The van der Waals surface area contributed by atoms with Gasteiger partial charge in [0, 0.05) is 46.5 Å². The Morgan fingerprint density at radius 1 is 1.09 bits per heavy atom. The fraction of sp³-hybridized carbons (Fsp3) is 0.451. The molecule has 2 aliphatic rings. The average molecular weight is 1020 g/mol. The summed E-state index contributed by atoms with van der Waals surface area (Å²) in [6.07, 6.45) is 7.84. The van der Waals surface area contributed by atoms with Crippen molar-refractivity contribution in [1.82, 2.24) is 24.8 Å². The van der Waals surface area contributed by atoms with Crippen LogP contribution in [0.3, 0.4) is 0 Å². The lowest BCUT2D eigenvalue weighted by atomic mass is 9.78. The Morgan fingerprint density at radius 3 is 2.43 bits per heavy atom. The number of nitrogens with one attached hydrogen (secondary N) is 1. The summed E-state index contributed by atoms with van der Waals surface area (Å²) in [5.74, 6) is -1.73. The van der Waals surface area contributed by atoms with Crippen molar-refractivity contribution < 1.29 is 41.8 Å². The molecule has 2 aliphatic heterocycles. The maximum absolute atomic E-state index is 14.6. The van der Waals surface area contributed by atoms with Gasteiger partial charge in [0.15, 0.2) is 12.5 Å². The lowest BCUT2D eigenvalue weighted by Crippen LogP contribution is -2.40. The summed E-state index contributed by atoms with van der Waals surface area (Å²) in [6, 6.07) is 11.3. The Hall–Kier alpha value is -5.13. The second kappa shape index (κ2) is 25.3. The molecule has 0 aliphatic carbocycles. The van der Waals surface area contributed by atoms with E-state index in [1.807, 2.05) is 42.9 Å². The van der Waals surface area contributed by atoms with E-state index < -0.39 is 49.8 Å². The van der Waals surface area contributed by atoms with E-state index >= 15 is 0 Å². The summed E-state index contributed by atoms with van der Waals surface area (Å²) in [7, 11) is -4.16. The van der Waals surface area contributed by atoms with E-state index in [4.69, 9.17) is 46.3 Å². The zero-order valence-corrected chi connectivity index (χ0v) is 43.3. The van der Waals surface area contributed by atoms with Crippen molar-refractivity contribution in [2.45, 2.75) is 110 Å². The van der Waals surface area contributed by atoms with Gasteiger partial charge in [-0.2, -0.15) is 0 Å². The molecule has 0 saturated carbocycles. The highest BCUT2D eigenvalue weighted by Gasteiger charge is 2.39. The third-order valence-corrected chi connectivity index (χ3v) is 15.1. The Bertz CT molecular complexity index is 2580. The molecule has 2 unspecified atom stereocenters. The molecule has 378 valence electrons. The number of imidazole rings is 1. The molecule has 5 atom stereocenters. The number of ether oxygens (including phenoxy) is 3. The van der Waals surface area contributed by atoms with Crippen LogP contribution in [0.1, 0.15) is 113 Å². The Labute approximate surface area is 419 Å². The molecule has 15 nitrogen and oxygen atoms in total. The summed E-state index contributed by atoms with van der Waals surface area (Å²) in [6.45, 7) is 17.2. The first-order valence-corrected chi connectivity index (χ1v) is 26.7. The number of nitrogens with two attached hydrogens (primary N) is 2. The van der Waals surface area contributed by atoms with E-state index in [2.05, 4.69) is 26.8 Å². The van der Waals surface area contributed by atoms with E-state index in [-0.39, 0.29) is 35.9 Å². The van der Waals surface area contributed by atoms with Crippen LogP contribution in [0.2, 0.25) is 5.02 Å². The maximum atomic E-state index is 14.6. The molecule has 0 bridgehead atoms. The number of aromatic nitrogens is 3. The first-order valence-electron chi connectivity index (χ1n) is 23.7. The quantitative estimate of drug-likeness (QED) is 0.0341. The van der Waals surface area contributed by atoms with Crippen LogP contribution in [-0.4, -0.2) is 82.8 Å². The molecule has 0 radical (unpaired) electrons. The van der Waals surface area contributed by atoms with Crippen LogP contribution < -0.4 is 21.3 Å². The molecule has 5 N–H and O–H groups in total. The number of carbonyl (C=O) groups excluding carboxylic acids is 2. The van der Waals surface area contributed by atoms with Gasteiger partial charge in [0.05, 0.1) is 49.2 Å². The van der Waals surface area contributed by atoms with Gasteiger partial charge >= 0.3 is 19.5 Å². The Kier molecular flexibility index (Phi) is 19.6. The SMILES string of the molecule is C=C[C@H](Cn1cnc(C(C)N)c1CCC(C)=CN)OCP(=O)(Oc1ccc(C2CCN(CC3=C(C(=O)OCC)[C@H](c4ccc(F)cc4Cl)C(CC)=C(c4nccs4)N3)CC2)cc1)O[C@H](C)C(=O)OCC. The van der Waals surface area contributed by atoms with Gasteiger partial charge in [-0.15, -0.1) is 17.9 Å². The van der Waals surface area contributed by atoms with Gasteiger partial charge in [0.25, 0.3) is 0 Å². The fourth-order valence-corrected chi connectivity index (χ4v) is 11.3. The molecule has 19 heteroatoms. The molecule has 0 amide bonds. The second-order valence-corrected chi connectivity index (χ2v) is 20.5. The van der Waals surface area contributed by atoms with E-state index in [9.17, 15) is 18.5 Å². The second-order valence-electron chi connectivity index (χ2n) is 17.3. The minimum absolute atomic E-state index is 0.117. The van der Waals surface area contributed by atoms with E-state index in [0.29, 0.717) is 49.2 Å². The number of benzene rings is 2. The third-order valence-electron chi connectivity index (χ3n) is 12.4. The van der Waals surface area contributed by atoms with Crippen molar-refractivity contribution in [1.29, 1.82) is 0 Å². The standard InChI is InChI=1S/C51H66ClFN7O8PS/c1-8-38(28-60-30-57-47(33(6)55)44(60)19-12-32(5)27-54)66-31-69(63,67-34(7)50(61)64-10-3)68-39-16-13-35(14-17-39)36-20-23-59(24-21-36)29-43-46(51(62)65-11-4)45(41-18-15-37(53)26-42(41)52)40(9-2)48(58-43)49-56-22-25-70-49/h8,13-18,22,25-27,30,33-34,36,38,45,58H,1,9-12,19-21,23-24,28-29,31,54-55H2,2-7H3/t33?,34-,38-,45+,69?/m1/s1. The predicted octanol–water partition coefficient (Wildman–Crippen LogP) is 9.92. The molecule has 2 aromatic heterocycles. The zero-order chi connectivity index (χ0) is 50.5. The van der Waals surface area contributed by atoms with E-state index in [0.717, 1.165) is 64.7 Å². The van der Waals surface area contributed by atoms with Gasteiger partial charge in [-0.1, -0.05) is 48.4 Å². The monoisotopic (exact) mass is 1020 g/mol. The van der Waals surface area contributed by atoms with Crippen LogP contribution in [0, 0.1) is 5.82 Å². The number of carbonyl (C=O) groups is 2. The highest BCUT2D eigenvalue weighted by atomic mass is 35.5. The smallest absolute Gasteiger partial charge is 0.405 e. The van der Waals surface area contributed by atoms with Crippen LogP contribution in [-0.2, 0) is 45.9 Å². The number of esters is 2. The molecule has 1 fully saturated rings. The number of hydrogen-bond acceptors (Lipinski definition) is 15. The van der Waals surface area contributed by atoms with Gasteiger partial charge in [-0.25, -0.2) is 28.5 Å². The number of halogens is 2. The first-order chi connectivity index (χ1) is 33.6. The first kappa shape index (κ1) is 54.2. The highest BCUT2D eigenvalue weighted by molar-refractivity contribution is 7.54. The minimum Gasteiger partial charge on any atom is -0.464 e. The van der Waals surface area contributed by atoms with Gasteiger partial charge in [0.1, 0.15) is 16.6 Å². The number of hydrogen-bond donors (Lipinski definition) is 3. The summed E-state index contributed by atoms with van der Waals surface area (Å²) in [5.41, 5.74) is 19.2. The van der Waals surface area contributed by atoms with Crippen LogP contribution in [0.5, 0.6) is 5.75 Å². The zero-order valence-electron chi connectivity index (χ0n) is 40.8. The van der Waals surface area contributed by atoms with E-state index in [1.54, 1.807) is 56.8 Å². The summed E-state index contributed by atoms with van der Waals surface area (Å²) < 4.78 is 59.8. The van der Waals surface area contributed by atoms with E-state index in [1.165, 1.54) is 30.4 Å². The lowest BCUT2D eigenvalue weighted by molar-refractivity contribution is -0.151. The normalized spacial score (nSPS) is 18.2. The van der Waals surface area contributed by atoms with Crippen molar-refractivity contribution in [3.63, 3.8) is 0 Å². The molecule has 70 heavy (non-hydrogen) atoms. The lowest BCUT2D eigenvalue weighted by Gasteiger charge is -2.37. The third kappa shape index (κ3) is 13.6. The molecule has 0 spiro atoms. The molecule has 1 saturated heterocycles. The highest BCUT2D eigenvalue weighted by Crippen LogP contribution is 2.50. The van der Waals surface area contributed by atoms with Crippen LogP contribution in [0.4, 0.5) is 4.39 Å². The average Bonchev–Trinajstić information content (AvgIpc) is 4.03. The Morgan fingerprint density at radius 2 is 1.81 bits per heavy atom. The van der Waals surface area contributed by atoms with Crippen LogP contribution in [0.15, 0.2) is 102 Å². The molecule has 6 rings (SSSR count). The summed E-state index contributed by atoms with van der Waals surface area (Å²) >= 11 is 8.23. The molecule has 2 aromatic carbocycles. The van der Waals surface area contributed by atoms with Crippen molar-refractivity contribution >= 4 is 48.2 Å². The summed E-state index contributed by atoms with van der Waals surface area (Å²) in [4.78, 5) is 38.2. The minimum atomic E-state index is -4.16. The van der Waals surface area contributed by atoms with Crippen molar-refractivity contribution in [2.75, 3.05) is 39.2 Å². The fourth-order valence-electron chi connectivity index (χ4n) is 8.80. The van der Waals surface area contributed by atoms with Crippen LogP contribution >= 0.6 is 30.5 Å².